The van der Waals surface area contributed by atoms with Crippen LogP contribution in [0.25, 0.3) is 0 Å². The van der Waals surface area contributed by atoms with Crippen molar-refractivity contribution in [1.29, 1.82) is 0 Å². The van der Waals surface area contributed by atoms with E-state index in [9.17, 15) is 4.79 Å². The van der Waals surface area contributed by atoms with Crippen LogP contribution in [0.2, 0.25) is 0 Å². The minimum atomic E-state index is -0.211. The fraction of sp³-hybridized carbons (Fsp3) is 0.476. The second kappa shape index (κ2) is 9.62. The van der Waals surface area contributed by atoms with E-state index in [-0.39, 0.29) is 11.9 Å². The molecule has 1 atom stereocenters. The average Bonchev–Trinajstić information content (AvgIpc) is 3.19. The van der Waals surface area contributed by atoms with Crippen LogP contribution in [0.15, 0.2) is 46.0 Å². The molecule has 1 amide bonds. The smallest absolute Gasteiger partial charge is 0.218 e. The van der Waals surface area contributed by atoms with Crippen LogP contribution < -0.4 is 10.6 Å². The van der Waals surface area contributed by atoms with Crippen molar-refractivity contribution in [3.8, 4) is 0 Å². The lowest BCUT2D eigenvalue weighted by molar-refractivity contribution is -0.119. The van der Waals surface area contributed by atoms with E-state index < -0.39 is 0 Å². The first kappa shape index (κ1) is 20.2. The molecule has 0 bridgehead atoms. The van der Waals surface area contributed by atoms with Gasteiger partial charge in [0.05, 0.1) is 0 Å². The molecule has 1 aromatic heterocycles. The highest BCUT2D eigenvalue weighted by atomic mass is 32.2. The largest absolute Gasteiger partial charge is 0.370 e. The molecule has 146 valence electrons. The third kappa shape index (κ3) is 5.50. The van der Waals surface area contributed by atoms with E-state index in [2.05, 4.69) is 64.1 Å². The first-order chi connectivity index (χ1) is 13.1. The quantitative estimate of drug-likeness (QED) is 0.671. The molecule has 3 rings (SSSR count). The third-order valence-electron chi connectivity index (χ3n) is 5.40. The number of carbonyl (C=O) groups excluding carboxylic acids is 1. The molecule has 1 saturated heterocycles. The van der Waals surface area contributed by atoms with Crippen molar-refractivity contribution in [2.45, 2.75) is 49.7 Å². The van der Waals surface area contributed by atoms with Gasteiger partial charge in [-0.3, -0.25) is 9.69 Å². The molecule has 0 radical (unpaired) electrons. The number of thiophene rings is 1. The van der Waals surface area contributed by atoms with Crippen molar-refractivity contribution in [1.82, 2.24) is 4.90 Å². The second-order valence-electron chi connectivity index (χ2n) is 7.24. The van der Waals surface area contributed by atoms with Crippen molar-refractivity contribution < 1.29 is 4.79 Å². The number of hydrogen-bond donors (Lipinski definition) is 1. The van der Waals surface area contributed by atoms with Crippen LogP contribution in [-0.4, -0.2) is 42.2 Å². The zero-order valence-electron chi connectivity index (χ0n) is 16.1. The van der Waals surface area contributed by atoms with Gasteiger partial charge in [-0.15, -0.1) is 11.8 Å². The first-order valence-corrected chi connectivity index (χ1v) is 11.7. The maximum atomic E-state index is 11.2. The summed E-state index contributed by atoms with van der Waals surface area (Å²) in [6.45, 7) is 5.09. The Labute approximate surface area is 170 Å². The summed E-state index contributed by atoms with van der Waals surface area (Å²) in [6.07, 6.45) is 4.77. The summed E-state index contributed by atoms with van der Waals surface area (Å²) in [5, 5.41) is 4.39. The molecule has 27 heavy (non-hydrogen) atoms. The summed E-state index contributed by atoms with van der Waals surface area (Å²) < 4.78 is 0. The summed E-state index contributed by atoms with van der Waals surface area (Å²) in [7, 11) is 0. The molecule has 6 heteroatoms. The molecule has 0 unspecified atom stereocenters. The molecular weight excluding hydrogens is 374 g/mol. The number of primary amides is 1. The number of thioether (sulfide) groups is 1. The summed E-state index contributed by atoms with van der Waals surface area (Å²) in [5.41, 5.74) is 8.04. The Hall–Kier alpha value is -1.50. The Bertz CT molecular complexity index is 710. The predicted octanol–water partition coefficient (Wildman–Crippen LogP) is 4.20. The van der Waals surface area contributed by atoms with Gasteiger partial charge in [0.25, 0.3) is 0 Å². The Morgan fingerprint density at radius 2 is 2.00 bits per heavy atom. The Balaban J connectivity index is 1.70. The van der Waals surface area contributed by atoms with E-state index in [1.165, 1.54) is 16.1 Å². The maximum Gasteiger partial charge on any atom is 0.218 e. The van der Waals surface area contributed by atoms with Crippen LogP contribution in [0.4, 0.5) is 5.69 Å². The highest BCUT2D eigenvalue weighted by molar-refractivity contribution is 7.98. The predicted molar refractivity (Wildman–Crippen MR) is 117 cm³/mol. The van der Waals surface area contributed by atoms with Crippen molar-refractivity contribution in [2.75, 3.05) is 24.2 Å². The van der Waals surface area contributed by atoms with Gasteiger partial charge in [0.2, 0.25) is 5.91 Å². The zero-order valence-corrected chi connectivity index (χ0v) is 17.8. The van der Waals surface area contributed by atoms with Crippen molar-refractivity contribution in [3.63, 3.8) is 0 Å². The Kier molecular flexibility index (Phi) is 7.21. The number of piperidine rings is 1. The number of nitrogens with zero attached hydrogens (tertiary/aromatic N) is 2. The number of amides is 1. The standard InChI is InChI=1S/C21H29N3OS2/c1-16(13-21(22)25)23-10-7-19(8-11-23)24(14-17-9-12-27-15-17)18-3-5-20(26-2)6-4-18/h3-6,9,12,15-16,19H,7-8,10-11,13-14H2,1-2H3,(H2,22,25)/t16-/m1/s1. The number of nitrogens with two attached hydrogens (primary N) is 1. The van der Waals surface area contributed by atoms with Gasteiger partial charge in [-0.1, -0.05) is 0 Å². The normalized spacial score (nSPS) is 17.0. The van der Waals surface area contributed by atoms with Gasteiger partial charge in [0, 0.05) is 48.7 Å². The lowest BCUT2D eigenvalue weighted by atomic mass is 9.99. The number of benzene rings is 1. The molecule has 2 N–H and O–H groups in total. The van der Waals surface area contributed by atoms with E-state index >= 15 is 0 Å². The second-order valence-corrected chi connectivity index (χ2v) is 8.90. The monoisotopic (exact) mass is 403 g/mol. The van der Waals surface area contributed by atoms with Crippen molar-refractivity contribution >= 4 is 34.7 Å². The van der Waals surface area contributed by atoms with Crippen molar-refractivity contribution in [3.05, 3.63) is 46.7 Å². The van der Waals surface area contributed by atoms with Crippen LogP contribution in [-0.2, 0) is 11.3 Å². The highest BCUT2D eigenvalue weighted by Crippen LogP contribution is 2.29. The third-order valence-corrected chi connectivity index (χ3v) is 6.87. The number of anilines is 1. The SMILES string of the molecule is CSc1ccc(N(Cc2ccsc2)C2CCN([C@H](C)CC(N)=O)CC2)cc1. The van der Waals surface area contributed by atoms with Gasteiger partial charge in [-0.25, -0.2) is 0 Å². The molecule has 1 fully saturated rings. The molecule has 0 saturated carbocycles. The van der Waals surface area contributed by atoms with Crippen LogP contribution >= 0.6 is 23.1 Å². The Morgan fingerprint density at radius 1 is 1.30 bits per heavy atom. The lowest BCUT2D eigenvalue weighted by Gasteiger charge is -2.41. The minimum Gasteiger partial charge on any atom is -0.370 e. The molecular formula is C21H29N3OS2. The average molecular weight is 404 g/mol. The molecule has 1 aliphatic heterocycles. The van der Waals surface area contributed by atoms with Gasteiger partial charge < -0.3 is 10.6 Å². The number of carbonyl (C=O) groups is 1. The topological polar surface area (TPSA) is 49.6 Å². The van der Waals surface area contributed by atoms with Gasteiger partial charge >= 0.3 is 0 Å². The molecule has 2 aromatic rings. The van der Waals surface area contributed by atoms with Crippen LogP contribution in [0.1, 0.15) is 31.7 Å². The Morgan fingerprint density at radius 3 is 2.56 bits per heavy atom. The summed E-state index contributed by atoms with van der Waals surface area (Å²) in [4.78, 5) is 17.5. The molecule has 2 heterocycles. The van der Waals surface area contributed by atoms with E-state index in [1.54, 1.807) is 23.1 Å². The zero-order chi connectivity index (χ0) is 19.2. The van der Waals surface area contributed by atoms with E-state index in [0.29, 0.717) is 12.5 Å². The number of rotatable bonds is 8. The minimum absolute atomic E-state index is 0.211. The maximum absolute atomic E-state index is 11.2. The van der Waals surface area contributed by atoms with E-state index in [1.807, 2.05) is 0 Å². The molecule has 0 aliphatic carbocycles. The highest BCUT2D eigenvalue weighted by Gasteiger charge is 2.27. The number of likely N-dealkylation sites (tertiary alicyclic amines) is 1. The molecule has 4 nitrogen and oxygen atoms in total. The van der Waals surface area contributed by atoms with Crippen LogP contribution in [0.5, 0.6) is 0 Å². The first-order valence-electron chi connectivity index (χ1n) is 9.51. The fourth-order valence-corrected chi connectivity index (χ4v) is 4.91. The van der Waals surface area contributed by atoms with Gasteiger partial charge in [0.1, 0.15) is 0 Å². The van der Waals surface area contributed by atoms with Crippen LogP contribution in [0, 0.1) is 0 Å². The summed E-state index contributed by atoms with van der Waals surface area (Å²) >= 11 is 3.53. The summed E-state index contributed by atoms with van der Waals surface area (Å²) in [6, 6.07) is 11.9. The van der Waals surface area contributed by atoms with Gasteiger partial charge in [0.15, 0.2) is 0 Å². The van der Waals surface area contributed by atoms with E-state index in [4.69, 9.17) is 5.73 Å². The molecule has 1 aliphatic rings. The van der Waals surface area contributed by atoms with Crippen LogP contribution in [0.3, 0.4) is 0 Å². The lowest BCUT2D eigenvalue weighted by Crippen LogP contribution is -2.48. The summed E-state index contributed by atoms with van der Waals surface area (Å²) in [5.74, 6) is -0.211. The fourth-order valence-electron chi connectivity index (χ4n) is 3.84. The van der Waals surface area contributed by atoms with Gasteiger partial charge in [-0.2, -0.15) is 11.3 Å². The molecule has 1 aromatic carbocycles. The number of hydrogen-bond acceptors (Lipinski definition) is 5. The molecule has 0 spiro atoms. The van der Waals surface area contributed by atoms with Gasteiger partial charge in [-0.05, 0) is 72.7 Å². The van der Waals surface area contributed by atoms with Crippen molar-refractivity contribution in [2.24, 2.45) is 5.73 Å². The van der Waals surface area contributed by atoms with E-state index in [0.717, 1.165) is 32.5 Å².